The van der Waals surface area contributed by atoms with Crippen molar-refractivity contribution in [3.8, 4) is 0 Å². The van der Waals surface area contributed by atoms with Crippen LogP contribution in [0, 0.1) is 5.41 Å². The lowest BCUT2D eigenvalue weighted by Gasteiger charge is -2.25. The fourth-order valence-electron chi connectivity index (χ4n) is 1.22. The average Bonchev–Trinajstić information content (AvgIpc) is 2.40. The molecule has 7 nitrogen and oxygen atoms in total. The molecule has 0 aromatic carbocycles. The quantitative estimate of drug-likeness (QED) is 0.666. The van der Waals surface area contributed by atoms with Crippen LogP contribution in [0.5, 0.6) is 0 Å². The Bertz CT molecular complexity index is 345. The molecule has 2 N–H and O–H groups in total. The minimum Gasteiger partial charge on any atom is -0.481 e. The molecule has 0 rings (SSSR count). The summed E-state index contributed by atoms with van der Waals surface area (Å²) >= 11 is 0. The van der Waals surface area contributed by atoms with Crippen molar-refractivity contribution in [2.45, 2.75) is 26.7 Å². The van der Waals surface area contributed by atoms with Crippen molar-refractivity contribution < 1.29 is 24.2 Å². The van der Waals surface area contributed by atoms with Crippen molar-refractivity contribution in [1.29, 1.82) is 0 Å². The molecule has 0 aromatic heterocycles. The molecule has 0 fully saturated rings. The number of urea groups is 1. The standard InChI is InChI=1S/C12H22N2O5/c1-5-12(2,10(16)17)8-13-11(18)14(3)7-6-9(15)19-4/h5-8H2,1-4H3,(H,13,18)(H,16,17). The average molecular weight is 274 g/mol. The summed E-state index contributed by atoms with van der Waals surface area (Å²) in [7, 11) is 2.81. The van der Waals surface area contributed by atoms with Gasteiger partial charge in [0.1, 0.15) is 0 Å². The van der Waals surface area contributed by atoms with Gasteiger partial charge in [-0.05, 0) is 13.3 Å². The fraction of sp³-hybridized carbons (Fsp3) is 0.750. The zero-order chi connectivity index (χ0) is 15.1. The second-order valence-corrected chi connectivity index (χ2v) is 4.63. The molecule has 2 amide bonds. The van der Waals surface area contributed by atoms with E-state index in [0.29, 0.717) is 6.42 Å². The van der Waals surface area contributed by atoms with Crippen molar-refractivity contribution in [2.75, 3.05) is 27.2 Å². The molecule has 0 aromatic rings. The first-order valence-electron chi connectivity index (χ1n) is 6.06. The van der Waals surface area contributed by atoms with E-state index in [2.05, 4.69) is 10.1 Å². The Labute approximate surface area is 112 Å². The Morgan fingerprint density at radius 2 is 1.95 bits per heavy atom. The van der Waals surface area contributed by atoms with Crippen LogP contribution in [-0.4, -0.2) is 55.2 Å². The van der Waals surface area contributed by atoms with E-state index in [0.717, 1.165) is 0 Å². The Balaban J connectivity index is 4.23. The number of hydrogen-bond donors (Lipinski definition) is 2. The van der Waals surface area contributed by atoms with Crippen LogP contribution in [0.15, 0.2) is 0 Å². The van der Waals surface area contributed by atoms with Gasteiger partial charge in [-0.2, -0.15) is 0 Å². The first kappa shape index (κ1) is 17.2. The van der Waals surface area contributed by atoms with Crippen molar-refractivity contribution in [3.63, 3.8) is 0 Å². The van der Waals surface area contributed by atoms with Gasteiger partial charge in [-0.15, -0.1) is 0 Å². The van der Waals surface area contributed by atoms with Gasteiger partial charge in [0, 0.05) is 20.1 Å². The maximum atomic E-state index is 11.7. The third-order valence-corrected chi connectivity index (χ3v) is 3.15. The molecule has 0 bridgehead atoms. The van der Waals surface area contributed by atoms with Crippen molar-refractivity contribution in [1.82, 2.24) is 10.2 Å². The number of rotatable bonds is 7. The van der Waals surface area contributed by atoms with Crippen molar-refractivity contribution in [3.05, 3.63) is 0 Å². The molecule has 0 aliphatic heterocycles. The van der Waals surface area contributed by atoms with Gasteiger partial charge in [-0.3, -0.25) is 9.59 Å². The van der Waals surface area contributed by atoms with Crippen LogP contribution in [-0.2, 0) is 14.3 Å². The van der Waals surface area contributed by atoms with Gasteiger partial charge >= 0.3 is 18.0 Å². The first-order chi connectivity index (χ1) is 8.76. The minimum atomic E-state index is -0.987. The van der Waals surface area contributed by atoms with E-state index < -0.39 is 23.4 Å². The number of nitrogens with one attached hydrogen (secondary N) is 1. The number of carboxylic acid groups (broad SMARTS) is 1. The molecule has 1 atom stereocenters. The molecule has 0 radical (unpaired) electrons. The highest BCUT2D eigenvalue weighted by atomic mass is 16.5. The first-order valence-corrected chi connectivity index (χ1v) is 6.06. The second-order valence-electron chi connectivity index (χ2n) is 4.63. The summed E-state index contributed by atoms with van der Waals surface area (Å²) in [5.41, 5.74) is -0.987. The monoisotopic (exact) mass is 274 g/mol. The Hall–Kier alpha value is -1.79. The molecule has 0 aliphatic carbocycles. The molecular weight excluding hydrogens is 252 g/mol. The molecule has 19 heavy (non-hydrogen) atoms. The van der Waals surface area contributed by atoms with Crippen LogP contribution in [0.1, 0.15) is 26.7 Å². The minimum absolute atomic E-state index is 0.0419. The van der Waals surface area contributed by atoms with Gasteiger partial charge in [-0.25, -0.2) is 4.79 Å². The zero-order valence-electron chi connectivity index (χ0n) is 11.9. The van der Waals surface area contributed by atoms with Gasteiger partial charge in [0.25, 0.3) is 0 Å². The molecule has 7 heteroatoms. The number of hydrogen-bond acceptors (Lipinski definition) is 4. The Kier molecular flexibility index (Phi) is 6.89. The summed E-state index contributed by atoms with van der Waals surface area (Å²) in [6.45, 7) is 3.58. The summed E-state index contributed by atoms with van der Waals surface area (Å²) in [6, 6.07) is -0.412. The maximum absolute atomic E-state index is 11.7. The predicted molar refractivity (Wildman–Crippen MR) is 68.7 cm³/mol. The molecule has 0 saturated heterocycles. The number of esters is 1. The van der Waals surface area contributed by atoms with E-state index in [1.54, 1.807) is 13.8 Å². The summed E-state index contributed by atoms with van der Waals surface area (Å²) in [5, 5.41) is 11.6. The number of carboxylic acids is 1. The predicted octanol–water partition coefficient (Wildman–Crippen LogP) is 0.692. The lowest BCUT2D eigenvalue weighted by molar-refractivity contribution is -0.147. The highest BCUT2D eigenvalue weighted by Crippen LogP contribution is 2.19. The van der Waals surface area contributed by atoms with Crippen molar-refractivity contribution in [2.24, 2.45) is 5.41 Å². The van der Waals surface area contributed by atoms with Gasteiger partial charge in [-0.1, -0.05) is 6.92 Å². The smallest absolute Gasteiger partial charge is 0.317 e. The Morgan fingerprint density at radius 1 is 1.37 bits per heavy atom. The number of ether oxygens (including phenoxy) is 1. The van der Waals surface area contributed by atoms with E-state index in [-0.39, 0.29) is 19.5 Å². The number of carbonyl (C=O) groups is 3. The van der Waals surface area contributed by atoms with Crippen LogP contribution in [0.2, 0.25) is 0 Å². The lowest BCUT2D eigenvalue weighted by atomic mass is 9.88. The van der Waals surface area contributed by atoms with Crippen LogP contribution >= 0.6 is 0 Å². The number of carbonyl (C=O) groups excluding carboxylic acids is 2. The highest BCUT2D eigenvalue weighted by molar-refractivity contribution is 5.78. The van der Waals surface area contributed by atoms with E-state index in [9.17, 15) is 14.4 Å². The molecule has 0 spiro atoms. The number of amides is 2. The van der Waals surface area contributed by atoms with Gasteiger partial charge < -0.3 is 20.1 Å². The van der Waals surface area contributed by atoms with E-state index in [1.165, 1.54) is 19.1 Å². The molecular formula is C12H22N2O5. The third-order valence-electron chi connectivity index (χ3n) is 3.15. The summed E-state index contributed by atoms with van der Waals surface area (Å²) in [5.74, 6) is -1.35. The summed E-state index contributed by atoms with van der Waals surface area (Å²) in [4.78, 5) is 35.0. The number of methoxy groups -OCH3 is 1. The lowest BCUT2D eigenvalue weighted by Crippen LogP contribution is -2.45. The van der Waals surface area contributed by atoms with Gasteiger partial charge in [0.2, 0.25) is 0 Å². The van der Waals surface area contributed by atoms with Crippen molar-refractivity contribution >= 4 is 18.0 Å². The van der Waals surface area contributed by atoms with E-state index >= 15 is 0 Å². The zero-order valence-corrected chi connectivity index (χ0v) is 11.9. The summed E-state index contributed by atoms with van der Waals surface area (Å²) < 4.78 is 4.47. The molecule has 1 unspecified atom stereocenters. The summed E-state index contributed by atoms with van der Waals surface area (Å²) in [6.07, 6.45) is 0.513. The normalized spacial score (nSPS) is 13.3. The third kappa shape index (κ3) is 5.58. The fourth-order valence-corrected chi connectivity index (χ4v) is 1.22. The van der Waals surface area contributed by atoms with Gasteiger partial charge in [0.05, 0.1) is 18.9 Å². The van der Waals surface area contributed by atoms with E-state index in [1.807, 2.05) is 0 Å². The van der Waals surface area contributed by atoms with Crippen LogP contribution in [0.25, 0.3) is 0 Å². The molecule has 0 heterocycles. The van der Waals surface area contributed by atoms with Crippen LogP contribution in [0.3, 0.4) is 0 Å². The number of aliphatic carboxylic acids is 1. The highest BCUT2D eigenvalue weighted by Gasteiger charge is 2.31. The van der Waals surface area contributed by atoms with Crippen LogP contribution in [0.4, 0.5) is 4.79 Å². The molecule has 0 saturated carbocycles. The van der Waals surface area contributed by atoms with Gasteiger partial charge in [0.15, 0.2) is 0 Å². The SMILES string of the molecule is CCC(C)(CNC(=O)N(C)CCC(=O)OC)C(=O)O. The van der Waals surface area contributed by atoms with Crippen LogP contribution < -0.4 is 5.32 Å². The topological polar surface area (TPSA) is 95.9 Å². The molecule has 0 aliphatic rings. The van der Waals surface area contributed by atoms with E-state index in [4.69, 9.17) is 5.11 Å². The number of nitrogens with zero attached hydrogens (tertiary/aromatic N) is 1. The molecule has 110 valence electrons. The maximum Gasteiger partial charge on any atom is 0.317 e. The Morgan fingerprint density at radius 3 is 2.37 bits per heavy atom. The largest absolute Gasteiger partial charge is 0.481 e. The second kappa shape index (κ2) is 7.60.